The molecule has 0 spiro atoms. The van der Waals surface area contributed by atoms with Gasteiger partial charge in [0.1, 0.15) is 0 Å². The fraction of sp³-hybridized carbons (Fsp3) is 0.333. The second-order valence-corrected chi connectivity index (χ2v) is 4.14. The van der Waals surface area contributed by atoms with Gasteiger partial charge >= 0.3 is 6.36 Å². The molecule has 0 radical (unpaired) electrons. The maximum atomic E-state index is 12.7. The minimum atomic E-state index is -5.13. The van der Waals surface area contributed by atoms with Crippen molar-refractivity contribution in [2.45, 2.75) is 19.2 Å². The molecule has 1 aromatic heterocycles. The molecule has 0 bridgehead atoms. The Morgan fingerprint density at radius 1 is 1.44 bits per heavy atom. The van der Waals surface area contributed by atoms with Crippen molar-refractivity contribution in [3.8, 4) is 11.8 Å². The summed E-state index contributed by atoms with van der Waals surface area (Å²) in [5.74, 6) is -1.09. The van der Waals surface area contributed by atoms with E-state index >= 15 is 0 Å². The molecule has 0 fully saturated rings. The summed E-state index contributed by atoms with van der Waals surface area (Å²) in [5.41, 5.74) is -1.38. The molecule has 0 unspecified atom stereocenters. The predicted octanol–water partition coefficient (Wildman–Crippen LogP) is 3.59. The Bertz CT molecular complexity index is 483. The molecule has 0 aliphatic heterocycles. The molecular formula is C9H4F5IN2O. The quantitative estimate of drug-likeness (QED) is 0.597. The maximum Gasteiger partial charge on any atom is 0.573 e. The SMILES string of the molecule is N#CCc1ncc(I)c(C(F)F)c1OC(F)(F)F. The summed E-state index contributed by atoms with van der Waals surface area (Å²) < 4.78 is 65.3. The smallest absolute Gasteiger partial charge is 0.403 e. The van der Waals surface area contributed by atoms with Crippen molar-refractivity contribution in [1.82, 2.24) is 4.98 Å². The number of ether oxygens (including phenoxy) is 1. The first-order chi connectivity index (χ1) is 8.26. The van der Waals surface area contributed by atoms with E-state index in [0.29, 0.717) is 0 Å². The Hall–Kier alpha value is -1.18. The third-order valence-corrected chi connectivity index (χ3v) is 2.64. The lowest BCUT2D eigenvalue weighted by molar-refractivity contribution is -0.275. The molecule has 0 saturated carbocycles. The van der Waals surface area contributed by atoms with Crippen molar-refractivity contribution in [3.05, 3.63) is 21.0 Å². The molecule has 3 nitrogen and oxygen atoms in total. The van der Waals surface area contributed by atoms with Crippen LogP contribution in [0.15, 0.2) is 6.20 Å². The van der Waals surface area contributed by atoms with Crippen LogP contribution in [0.5, 0.6) is 5.75 Å². The number of aromatic nitrogens is 1. The van der Waals surface area contributed by atoms with Gasteiger partial charge in [0.15, 0.2) is 5.75 Å². The molecule has 1 rings (SSSR count). The van der Waals surface area contributed by atoms with Crippen LogP contribution in [0.4, 0.5) is 22.0 Å². The average Bonchev–Trinajstić information content (AvgIpc) is 2.19. The molecule has 0 aliphatic carbocycles. The molecule has 0 N–H and O–H groups in total. The molecule has 0 atom stereocenters. The van der Waals surface area contributed by atoms with Crippen LogP contribution in [0.25, 0.3) is 0 Å². The summed E-state index contributed by atoms with van der Waals surface area (Å²) in [6.45, 7) is 0. The van der Waals surface area contributed by atoms with Crippen LogP contribution in [0.2, 0.25) is 0 Å². The van der Waals surface area contributed by atoms with Gasteiger partial charge in [0, 0.05) is 9.77 Å². The summed E-state index contributed by atoms with van der Waals surface area (Å²) in [7, 11) is 0. The van der Waals surface area contributed by atoms with Gasteiger partial charge in [0.2, 0.25) is 0 Å². The Kier molecular flexibility index (Phi) is 4.66. The highest BCUT2D eigenvalue weighted by Gasteiger charge is 2.35. The average molecular weight is 378 g/mol. The van der Waals surface area contributed by atoms with Crippen LogP contribution in [-0.4, -0.2) is 11.3 Å². The zero-order chi connectivity index (χ0) is 13.9. The van der Waals surface area contributed by atoms with E-state index in [1.165, 1.54) is 28.7 Å². The summed E-state index contributed by atoms with van der Waals surface area (Å²) in [6.07, 6.45) is -7.87. The number of alkyl halides is 5. The van der Waals surface area contributed by atoms with Crippen molar-refractivity contribution in [3.63, 3.8) is 0 Å². The maximum absolute atomic E-state index is 12.7. The van der Waals surface area contributed by atoms with Gasteiger partial charge in [0.05, 0.1) is 23.7 Å². The van der Waals surface area contributed by atoms with E-state index < -0.39 is 36.2 Å². The van der Waals surface area contributed by atoms with Crippen LogP contribution < -0.4 is 4.74 Å². The van der Waals surface area contributed by atoms with Crippen LogP contribution in [0, 0.1) is 14.9 Å². The third kappa shape index (κ3) is 3.66. The highest BCUT2D eigenvalue weighted by atomic mass is 127. The lowest BCUT2D eigenvalue weighted by atomic mass is 10.1. The second kappa shape index (κ2) is 5.64. The van der Waals surface area contributed by atoms with E-state index in [0.717, 1.165) is 6.20 Å². The number of hydrogen-bond acceptors (Lipinski definition) is 3. The van der Waals surface area contributed by atoms with Crippen LogP contribution in [0.3, 0.4) is 0 Å². The molecular weight excluding hydrogens is 374 g/mol. The van der Waals surface area contributed by atoms with Crippen LogP contribution in [-0.2, 0) is 6.42 Å². The molecule has 0 aromatic carbocycles. The van der Waals surface area contributed by atoms with Crippen LogP contribution >= 0.6 is 22.6 Å². The molecule has 1 aromatic rings. The highest BCUT2D eigenvalue weighted by Crippen LogP contribution is 2.37. The number of nitrogens with zero attached hydrogens (tertiary/aromatic N) is 2. The summed E-state index contributed by atoms with van der Waals surface area (Å²) >= 11 is 1.43. The van der Waals surface area contributed by atoms with Crippen LogP contribution in [0.1, 0.15) is 17.7 Å². The zero-order valence-corrected chi connectivity index (χ0v) is 10.6. The van der Waals surface area contributed by atoms with Crippen molar-refractivity contribution < 1.29 is 26.7 Å². The van der Waals surface area contributed by atoms with Crippen molar-refractivity contribution in [1.29, 1.82) is 5.26 Å². The lowest BCUT2D eigenvalue weighted by Crippen LogP contribution is -2.20. The van der Waals surface area contributed by atoms with E-state index in [-0.39, 0.29) is 3.57 Å². The number of hydrogen-bond donors (Lipinski definition) is 0. The van der Waals surface area contributed by atoms with Gasteiger partial charge in [-0.2, -0.15) is 5.26 Å². The van der Waals surface area contributed by atoms with E-state index in [9.17, 15) is 22.0 Å². The van der Waals surface area contributed by atoms with Gasteiger partial charge in [-0.05, 0) is 22.6 Å². The van der Waals surface area contributed by atoms with E-state index in [4.69, 9.17) is 5.26 Å². The molecule has 0 aliphatic rings. The Morgan fingerprint density at radius 3 is 2.50 bits per heavy atom. The van der Waals surface area contributed by atoms with Crippen molar-refractivity contribution >= 4 is 22.6 Å². The Balaban J connectivity index is 3.39. The topological polar surface area (TPSA) is 45.9 Å². The first-order valence-corrected chi connectivity index (χ1v) is 5.42. The highest BCUT2D eigenvalue weighted by molar-refractivity contribution is 14.1. The van der Waals surface area contributed by atoms with E-state index in [2.05, 4.69) is 9.72 Å². The second-order valence-electron chi connectivity index (χ2n) is 2.98. The van der Waals surface area contributed by atoms with Crippen molar-refractivity contribution in [2.75, 3.05) is 0 Å². The first-order valence-electron chi connectivity index (χ1n) is 4.34. The molecule has 1 heterocycles. The number of halogens is 6. The molecule has 98 valence electrons. The van der Waals surface area contributed by atoms with Gasteiger partial charge in [-0.1, -0.05) is 0 Å². The summed E-state index contributed by atoms with van der Waals surface area (Å²) in [4.78, 5) is 3.51. The van der Waals surface area contributed by atoms with Gasteiger partial charge in [-0.15, -0.1) is 13.2 Å². The lowest BCUT2D eigenvalue weighted by Gasteiger charge is -2.16. The molecule has 0 amide bonds. The molecule has 0 saturated heterocycles. The fourth-order valence-corrected chi connectivity index (χ4v) is 1.78. The number of nitriles is 1. The van der Waals surface area contributed by atoms with Gasteiger partial charge in [0.25, 0.3) is 6.43 Å². The number of rotatable bonds is 3. The number of pyridine rings is 1. The Morgan fingerprint density at radius 2 is 2.06 bits per heavy atom. The van der Waals surface area contributed by atoms with Gasteiger partial charge < -0.3 is 4.74 Å². The first kappa shape index (κ1) is 14.9. The van der Waals surface area contributed by atoms with Gasteiger partial charge in [-0.3, -0.25) is 4.98 Å². The minimum Gasteiger partial charge on any atom is -0.403 e. The summed E-state index contributed by atoms with van der Waals surface area (Å²) in [5, 5.41) is 8.43. The molecule has 18 heavy (non-hydrogen) atoms. The summed E-state index contributed by atoms with van der Waals surface area (Å²) in [6, 6.07) is 1.54. The monoisotopic (exact) mass is 378 g/mol. The standard InChI is InChI=1S/C9H4F5IN2O/c10-8(11)6-4(15)3-17-5(1-2-16)7(6)18-9(12,13)14/h3,8H,1H2. The van der Waals surface area contributed by atoms with E-state index in [1.54, 1.807) is 0 Å². The third-order valence-electron chi connectivity index (χ3n) is 1.78. The van der Waals surface area contributed by atoms with E-state index in [1.807, 2.05) is 0 Å². The predicted molar refractivity (Wildman–Crippen MR) is 57.9 cm³/mol. The minimum absolute atomic E-state index is 0.163. The molecule has 9 heteroatoms. The fourth-order valence-electron chi connectivity index (χ4n) is 1.16. The normalized spacial score (nSPS) is 11.4. The van der Waals surface area contributed by atoms with Gasteiger partial charge in [-0.25, -0.2) is 8.78 Å². The van der Waals surface area contributed by atoms with Crippen molar-refractivity contribution in [2.24, 2.45) is 0 Å². The Labute approximate surface area is 112 Å². The zero-order valence-electron chi connectivity index (χ0n) is 8.43. The largest absolute Gasteiger partial charge is 0.573 e.